The molecule has 2 atom stereocenters. The van der Waals surface area contributed by atoms with Gasteiger partial charge in [-0.3, -0.25) is 14.6 Å². The van der Waals surface area contributed by atoms with Crippen LogP contribution in [0.4, 0.5) is 0 Å². The number of carbonyl (C=O) groups is 1. The molecule has 0 aromatic heterocycles. The van der Waals surface area contributed by atoms with E-state index in [0.29, 0.717) is 12.6 Å². The van der Waals surface area contributed by atoms with Crippen molar-refractivity contribution >= 4 is 5.97 Å². The van der Waals surface area contributed by atoms with Crippen LogP contribution in [0.2, 0.25) is 0 Å². The van der Waals surface area contributed by atoms with Crippen LogP contribution in [0, 0.1) is 0 Å². The number of aliphatic carboxylic acids is 1. The van der Waals surface area contributed by atoms with Crippen LogP contribution in [-0.2, 0) is 4.79 Å². The molecule has 0 aromatic rings. The molecule has 5 nitrogen and oxygen atoms in total. The molecule has 0 amide bonds. The van der Waals surface area contributed by atoms with Crippen molar-refractivity contribution in [1.29, 1.82) is 0 Å². The summed E-state index contributed by atoms with van der Waals surface area (Å²) in [6.07, 6.45) is 3.61. The van der Waals surface area contributed by atoms with E-state index in [4.69, 9.17) is 0 Å². The Kier molecular flexibility index (Phi) is 4.96. The third-order valence-electron chi connectivity index (χ3n) is 5.51. The van der Waals surface area contributed by atoms with E-state index in [9.17, 15) is 9.90 Å². The summed E-state index contributed by atoms with van der Waals surface area (Å²) in [6, 6.07) is 0.391. The molecule has 5 heteroatoms. The lowest BCUT2D eigenvalue weighted by Crippen LogP contribution is -2.63. The number of hydrogen-bond acceptors (Lipinski definition) is 4. The van der Waals surface area contributed by atoms with E-state index in [1.807, 2.05) is 6.92 Å². The van der Waals surface area contributed by atoms with Gasteiger partial charge in [-0.05, 0) is 53.1 Å². The number of piperazine rings is 1. The summed E-state index contributed by atoms with van der Waals surface area (Å²) in [7, 11) is 2.18. The molecule has 122 valence electrons. The molecule has 1 saturated heterocycles. The quantitative estimate of drug-likeness (QED) is 0.821. The summed E-state index contributed by atoms with van der Waals surface area (Å²) in [4.78, 5) is 16.7. The molecule has 0 radical (unpaired) electrons. The Balaban J connectivity index is 2.08. The zero-order valence-corrected chi connectivity index (χ0v) is 14.0. The largest absolute Gasteiger partial charge is 0.480 e. The minimum atomic E-state index is -0.717. The molecule has 1 heterocycles. The van der Waals surface area contributed by atoms with Crippen molar-refractivity contribution in [2.45, 2.75) is 63.6 Å². The van der Waals surface area contributed by atoms with Crippen LogP contribution >= 0.6 is 0 Å². The van der Waals surface area contributed by atoms with Gasteiger partial charge in [0.1, 0.15) is 5.54 Å². The molecule has 2 aliphatic rings. The van der Waals surface area contributed by atoms with Crippen molar-refractivity contribution in [3.05, 3.63) is 0 Å². The Morgan fingerprint density at radius 3 is 2.67 bits per heavy atom. The molecule has 21 heavy (non-hydrogen) atoms. The third kappa shape index (κ3) is 3.41. The molecule has 0 aromatic carbocycles. The van der Waals surface area contributed by atoms with Crippen molar-refractivity contribution in [3.8, 4) is 0 Å². The van der Waals surface area contributed by atoms with Gasteiger partial charge in [0.2, 0.25) is 0 Å². The van der Waals surface area contributed by atoms with Gasteiger partial charge in [-0.1, -0.05) is 6.92 Å². The lowest BCUT2D eigenvalue weighted by molar-refractivity contribution is -0.147. The summed E-state index contributed by atoms with van der Waals surface area (Å²) in [5, 5.41) is 13.0. The lowest BCUT2D eigenvalue weighted by Gasteiger charge is -2.50. The smallest absolute Gasteiger partial charge is 0.323 e. The van der Waals surface area contributed by atoms with E-state index in [1.165, 1.54) is 0 Å². The minimum Gasteiger partial charge on any atom is -0.480 e. The molecule has 0 spiro atoms. The fourth-order valence-electron chi connectivity index (χ4n) is 3.92. The van der Waals surface area contributed by atoms with Crippen LogP contribution in [0.25, 0.3) is 0 Å². The fraction of sp³-hybridized carbons (Fsp3) is 0.938. The Morgan fingerprint density at radius 2 is 2.10 bits per heavy atom. The van der Waals surface area contributed by atoms with Gasteiger partial charge in [0.15, 0.2) is 0 Å². The average Bonchev–Trinajstić information content (AvgIpc) is 2.42. The SMILES string of the molecule is CCNC1(C(=O)O)CCCC(N2CCN(C)C(C)(C)C2)C1. The molecule has 1 aliphatic heterocycles. The molecule has 2 N–H and O–H groups in total. The van der Waals surface area contributed by atoms with Crippen LogP contribution in [-0.4, -0.2) is 71.2 Å². The number of nitrogens with one attached hydrogen (secondary N) is 1. The van der Waals surface area contributed by atoms with Crippen molar-refractivity contribution < 1.29 is 9.90 Å². The van der Waals surface area contributed by atoms with Crippen molar-refractivity contribution in [1.82, 2.24) is 15.1 Å². The van der Waals surface area contributed by atoms with Crippen LogP contribution < -0.4 is 5.32 Å². The second-order valence-corrected chi connectivity index (χ2v) is 7.37. The van der Waals surface area contributed by atoms with Crippen LogP contribution in [0.15, 0.2) is 0 Å². The number of carboxylic acids is 1. The van der Waals surface area contributed by atoms with Crippen LogP contribution in [0.1, 0.15) is 46.5 Å². The maximum Gasteiger partial charge on any atom is 0.323 e. The number of hydrogen-bond donors (Lipinski definition) is 2. The highest BCUT2D eigenvalue weighted by Gasteiger charge is 2.45. The zero-order valence-electron chi connectivity index (χ0n) is 14.0. The molecular weight excluding hydrogens is 266 g/mol. The van der Waals surface area contributed by atoms with E-state index < -0.39 is 11.5 Å². The highest BCUT2D eigenvalue weighted by molar-refractivity contribution is 5.79. The van der Waals surface area contributed by atoms with E-state index in [1.54, 1.807) is 0 Å². The van der Waals surface area contributed by atoms with Gasteiger partial charge < -0.3 is 10.4 Å². The fourth-order valence-corrected chi connectivity index (χ4v) is 3.92. The monoisotopic (exact) mass is 297 g/mol. The van der Waals surface area contributed by atoms with Crippen molar-refractivity contribution in [3.63, 3.8) is 0 Å². The average molecular weight is 297 g/mol. The minimum absolute atomic E-state index is 0.166. The van der Waals surface area contributed by atoms with Gasteiger partial charge in [0.25, 0.3) is 0 Å². The second kappa shape index (κ2) is 6.23. The summed E-state index contributed by atoms with van der Waals surface area (Å²) in [5.41, 5.74) is -0.551. The van der Waals surface area contributed by atoms with E-state index >= 15 is 0 Å². The van der Waals surface area contributed by atoms with Crippen LogP contribution in [0.5, 0.6) is 0 Å². The van der Waals surface area contributed by atoms with Gasteiger partial charge in [0, 0.05) is 31.2 Å². The first-order valence-electron chi connectivity index (χ1n) is 8.24. The van der Waals surface area contributed by atoms with E-state index in [2.05, 4.69) is 36.0 Å². The summed E-state index contributed by atoms with van der Waals surface area (Å²) >= 11 is 0. The van der Waals surface area contributed by atoms with Crippen molar-refractivity contribution in [2.75, 3.05) is 33.2 Å². The standard InChI is InChI=1S/C16H31N3O2/c1-5-17-16(14(20)21)8-6-7-13(11-16)19-10-9-18(4)15(2,3)12-19/h13,17H,5-12H2,1-4H3,(H,20,21). The van der Waals surface area contributed by atoms with E-state index in [-0.39, 0.29) is 5.54 Å². The molecule has 2 unspecified atom stereocenters. The second-order valence-electron chi connectivity index (χ2n) is 7.37. The van der Waals surface area contributed by atoms with Gasteiger partial charge in [-0.15, -0.1) is 0 Å². The lowest BCUT2D eigenvalue weighted by atomic mass is 9.77. The maximum atomic E-state index is 11.8. The van der Waals surface area contributed by atoms with Gasteiger partial charge >= 0.3 is 5.97 Å². The first-order valence-corrected chi connectivity index (χ1v) is 8.24. The normalized spacial score (nSPS) is 34.8. The third-order valence-corrected chi connectivity index (χ3v) is 5.51. The summed E-state index contributed by atoms with van der Waals surface area (Å²) in [5.74, 6) is -0.678. The highest BCUT2D eigenvalue weighted by Crippen LogP contribution is 2.33. The Hall–Kier alpha value is -0.650. The predicted octanol–water partition coefficient (Wildman–Crippen LogP) is 1.39. The van der Waals surface area contributed by atoms with E-state index in [0.717, 1.165) is 45.3 Å². The number of likely N-dealkylation sites (N-methyl/N-ethyl adjacent to an activating group) is 2. The van der Waals surface area contributed by atoms with Crippen molar-refractivity contribution in [2.24, 2.45) is 0 Å². The molecule has 1 saturated carbocycles. The van der Waals surface area contributed by atoms with Crippen LogP contribution in [0.3, 0.4) is 0 Å². The Bertz CT molecular complexity index is 382. The number of nitrogens with zero attached hydrogens (tertiary/aromatic N) is 2. The topological polar surface area (TPSA) is 55.8 Å². The maximum absolute atomic E-state index is 11.8. The summed E-state index contributed by atoms with van der Waals surface area (Å²) in [6.45, 7) is 10.4. The molecule has 1 aliphatic carbocycles. The zero-order chi connectivity index (χ0) is 15.7. The van der Waals surface area contributed by atoms with Gasteiger partial charge in [0.05, 0.1) is 0 Å². The number of rotatable bonds is 4. The molecule has 2 rings (SSSR count). The first kappa shape index (κ1) is 16.7. The Morgan fingerprint density at radius 1 is 1.38 bits per heavy atom. The summed E-state index contributed by atoms with van der Waals surface area (Å²) < 4.78 is 0. The van der Waals surface area contributed by atoms with Gasteiger partial charge in [-0.25, -0.2) is 0 Å². The first-order chi connectivity index (χ1) is 9.81. The Labute approximate surface area is 128 Å². The number of carboxylic acid groups (broad SMARTS) is 1. The molecular formula is C16H31N3O2. The highest BCUT2D eigenvalue weighted by atomic mass is 16.4. The predicted molar refractivity (Wildman–Crippen MR) is 84.6 cm³/mol. The van der Waals surface area contributed by atoms with Gasteiger partial charge in [-0.2, -0.15) is 0 Å². The molecule has 2 fully saturated rings. The molecule has 0 bridgehead atoms.